The van der Waals surface area contributed by atoms with Crippen LogP contribution in [0.4, 0.5) is 5.69 Å². The lowest BCUT2D eigenvalue weighted by Crippen LogP contribution is -2.01. The third-order valence-electron chi connectivity index (χ3n) is 1.84. The van der Waals surface area contributed by atoms with Crippen LogP contribution in [0.15, 0.2) is 16.6 Å². The van der Waals surface area contributed by atoms with Gasteiger partial charge in [0.15, 0.2) is 0 Å². The van der Waals surface area contributed by atoms with Gasteiger partial charge in [0, 0.05) is 11.0 Å². The lowest BCUT2D eigenvalue weighted by atomic mass is 10.2. The van der Waals surface area contributed by atoms with Crippen LogP contribution in [0.5, 0.6) is 5.75 Å². The molecule has 3 heteroatoms. The Morgan fingerprint density at radius 1 is 1.46 bits per heavy atom. The van der Waals surface area contributed by atoms with Crippen molar-refractivity contribution in [1.29, 1.82) is 0 Å². The molecule has 0 amide bonds. The van der Waals surface area contributed by atoms with E-state index in [0.29, 0.717) is 0 Å². The third kappa shape index (κ3) is 2.37. The second-order valence-corrected chi connectivity index (χ2v) is 3.75. The summed E-state index contributed by atoms with van der Waals surface area (Å²) in [4.78, 5) is 0. The highest BCUT2D eigenvalue weighted by atomic mass is 79.9. The van der Waals surface area contributed by atoms with Gasteiger partial charge in [-0.3, -0.25) is 0 Å². The molecule has 0 heterocycles. The second kappa shape index (κ2) is 4.51. The highest BCUT2D eigenvalue weighted by Crippen LogP contribution is 2.31. The van der Waals surface area contributed by atoms with Gasteiger partial charge in [0.25, 0.3) is 0 Å². The molecule has 72 valence electrons. The predicted molar refractivity (Wildman–Crippen MR) is 59.6 cm³/mol. The van der Waals surface area contributed by atoms with Crippen LogP contribution in [0.2, 0.25) is 0 Å². The monoisotopic (exact) mass is 243 g/mol. The summed E-state index contributed by atoms with van der Waals surface area (Å²) in [6.45, 7) is 5.03. The lowest BCUT2D eigenvalue weighted by molar-refractivity contribution is 0.416. The molecule has 0 unspecified atom stereocenters. The van der Waals surface area contributed by atoms with E-state index in [-0.39, 0.29) is 0 Å². The molecule has 0 atom stereocenters. The zero-order valence-corrected chi connectivity index (χ0v) is 9.73. The number of hydrogen-bond acceptors (Lipinski definition) is 2. The molecule has 0 aliphatic heterocycles. The van der Waals surface area contributed by atoms with Crippen molar-refractivity contribution in [2.45, 2.75) is 13.8 Å². The first-order valence-electron chi connectivity index (χ1n) is 4.27. The summed E-state index contributed by atoms with van der Waals surface area (Å²) in [6.07, 6.45) is 0. The molecule has 1 N–H and O–H groups in total. The molecule has 1 aromatic carbocycles. The van der Waals surface area contributed by atoms with E-state index in [1.54, 1.807) is 7.11 Å². The van der Waals surface area contributed by atoms with E-state index in [9.17, 15) is 0 Å². The van der Waals surface area contributed by atoms with E-state index in [0.717, 1.165) is 22.5 Å². The van der Waals surface area contributed by atoms with Gasteiger partial charge in [-0.1, -0.05) is 15.9 Å². The van der Waals surface area contributed by atoms with Crippen molar-refractivity contribution in [3.8, 4) is 5.75 Å². The molecule has 0 radical (unpaired) electrons. The first-order chi connectivity index (χ1) is 6.19. The number of hydrogen-bond donors (Lipinski definition) is 1. The molecule has 0 spiro atoms. The zero-order valence-electron chi connectivity index (χ0n) is 8.15. The van der Waals surface area contributed by atoms with Crippen molar-refractivity contribution < 1.29 is 4.74 Å². The van der Waals surface area contributed by atoms with Gasteiger partial charge in [-0.05, 0) is 31.5 Å². The maximum Gasteiger partial charge on any atom is 0.143 e. The minimum Gasteiger partial charge on any atom is -0.495 e. The van der Waals surface area contributed by atoms with Crippen molar-refractivity contribution in [2.24, 2.45) is 0 Å². The molecule has 1 aromatic rings. The molecule has 0 saturated heterocycles. The Labute approximate surface area is 87.4 Å². The number of halogens is 1. The van der Waals surface area contributed by atoms with Gasteiger partial charge in [0.05, 0.1) is 12.8 Å². The van der Waals surface area contributed by atoms with Crippen molar-refractivity contribution in [2.75, 3.05) is 19.0 Å². The first kappa shape index (κ1) is 10.4. The fourth-order valence-corrected chi connectivity index (χ4v) is 1.83. The SMILES string of the molecule is CCNc1c(C)cc(Br)cc1OC. The summed E-state index contributed by atoms with van der Waals surface area (Å²) in [7, 11) is 1.68. The summed E-state index contributed by atoms with van der Waals surface area (Å²) in [5, 5.41) is 3.28. The molecule has 0 aliphatic carbocycles. The summed E-state index contributed by atoms with van der Waals surface area (Å²) < 4.78 is 6.31. The van der Waals surface area contributed by atoms with Crippen LogP contribution in [0.1, 0.15) is 12.5 Å². The summed E-state index contributed by atoms with van der Waals surface area (Å²) >= 11 is 3.43. The van der Waals surface area contributed by atoms with E-state index in [1.165, 1.54) is 5.56 Å². The maximum atomic E-state index is 5.27. The number of anilines is 1. The van der Waals surface area contributed by atoms with Gasteiger partial charge in [-0.15, -0.1) is 0 Å². The Bertz CT molecular complexity index is 299. The molecule has 0 fully saturated rings. The molecule has 0 saturated carbocycles. The Morgan fingerprint density at radius 3 is 2.69 bits per heavy atom. The van der Waals surface area contributed by atoms with Gasteiger partial charge < -0.3 is 10.1 Å². The van der Waals surface area contributed by atoms with Crippen LogP contribution >= 0.6 is 15.9 Å². The minimum atomic E-state index is 0.883. The zero-order chi connectivity index (χ0) is 9.84. The molecule has 13 heavy (non-hydrogen) atoms. The normalized spacial score (nSPS) is 9.85. The number of ether oxygens (including phenoxy) is 1. The van der Waals surface area contributed by atoms with Crippen LogP contribution < -0.4 is 10.1 Å². The Kier molecular flexibility index (Phi) is 3.60. The van der Waals surface area contributed by atoms with Gasteiger partial charge in [0.1, 0.15) is 5.75 Å². The topological polar surface area (TPSA) is 21.3 Å². The average molecular weight is 244 g/mol. The number of aryl methyl sites for hydroxylation is 1. The second-order valence-electron chi connectivity index (χ2n) is 2.83. The first-order valence-corrected chi connectivity index (χ1v) is 5.06. The van der Waals surface area contributed by atoms with E-state index in [2.05, 4.69) is 41.2 Å². The number of nitrogens with one attached hydrogen (secondary N) is 1. The smallest absolute Gasteiger partial charge is 0.143 e. The number of benzene rings is 1. The fraction of sp³-hybridized carbons (Fsp3) is 0.400. The Hall–Kier alpha value is -0.700. The molecule has 0 bridgehead atoms. The fourth-order valence-electron chi connectivity index (χ4n) is 1.28. The summed E-state index contributed by atoms with van der Waals surface area (Å²) in [5.74, 6) is 0.883. The van der Waals surface area contributed by atoms with Crippen LogP contribution in [-0.2, 0) is 0 Å². The third-order valence-corrected chi connectivity index (χ3v) is 2.30. The number of methoxy groups -OCH3 is 1. The highest BCUT2D eigenvalue weighted by Gasteiger charge is 2.06. The van der Waals surface area contributed by atoms with Gasteiger partial charge in [-0.25, -0.2) is 0 Å². The highest BCUT2D eigenvalue weighted by molar-refractivity contribution is 9.10. The van der Waals surface area contributed by atoms with E-state index >= 15 is 0 Å². The summed E-state index contributed by atoms with van der Waals surface area (Å²) in [6, 6.07) is 4.03. The lowest BCUT2D eigenvalue weighted by Gasteiger charge is -2.13. The minimum absolute atomic E-state index is 0.883. The molecule has 0 aromatic heterocycles. The van der Waals surface area contributed by atoms with Crippen LogP contribution in [0, 0.1) is 6.92 Å². The van der Waals surface area contributed by atoms with Crippen molar-refractivity contribution >= 4 is 21.6 Å². The number of rotatable bonds is 3. The van der Waals surface area contributed by atoms with Gasteiger partial charge in [0.2, 0.25) is 0 Å². The quantitative estimate of drug-likeness (QED) is 0.881. The van der Waals surface area contributed by atoms with Gasteiger partial charge in [-0.2, -0.15) is 0 Å². The van der Waals surface area contributed by atoms with Crippen molar-refractivity contribution in [3.63, 3.8) is 0 Å². The Morgan fingerprint density at radius 2 is 2.15 bits per heavy atom. The molecule has 1 rings (SSSR count). The van der Waals surface area contributed by atoms with Crippen LogP contribution in [-0.4, -0.2) is 13.7 Å². The molecule has 0 aliphatic rings. The maximum absolute atomic E-state index is 5.27. The Balaban J connectivity index is 3.13. The average Bonchev–Trinajstić information content (AvgIpc) is 2.09. The van der Waals surface area contributed by atoms with E-state index in [1.807, 2.05) is 6.07 Å². The molecular weight excluding hydrogens is 230 g/mol. The molecular formula is C10H14BrNO. The standard InChI is InChI=1S/C10H14BrNO/c1-4-12-10-7(2)5-8(11)6-9(10)13-3/h5-6,12H,4H2,1-3H3. The van der Waals surface area contributed by atoms with Crippen molar-refractivity contribution in [1.82, 2.24) is 0 Å². The van der Waals surface area contributed by atoms with E-state index in [4.69, 9.17) is 4.74 Å². The summed E-state index contributed by atoms with van der Waals surface area (Å²) in [5.41, 5.74) is 2.27. The molecule has 2 nitrogen and oxygen atoms in total. The van der Waals surface area contributed by atoms with Crippen LogP contribution in [0.25, 0.3) is 0 Å². The van der Waals surface area contributed by atoms with Crippen LogP contribution in [0.3, 0.4) is 0 Å². The predicted octanol–water partition coefficient (Wildman–Crippen LogP) is 3.20. The largest absolute Gasteiger partial charge is 0.495 e. The van der Waals surface area contributed by atoms with E-state index < -0.39 is 0 Å². The van der Waals surface area contributed by atoms with Crippen molar-refractivity contribution in [3.05, 3.63) is 22.2 Å². The van der Waals surface area contributed by atoms with Gasteiger partial charge >= 0.3 is 0 Å².